The number of ether oxygens (including phenoxy) is 6. The molecule has 0 radical (unpaired) electrons. The van der Waals surface area contributed by atoms with Crippen LogP contribution in [0.15, 0.2) is 218 Å². The van der Waals surface area contributed by atoms with E-state index in [1.54, 1.807) is 28.4 Å². The highest BCUT2D eigenvalue weighted by atomic mass is 16.5. The minimum Gasteiger partial charge on any atom is -0.497 e. The van der Waals surface area contributed by atoms with E-state index in [-0.39, 0.29) is 0 Å². The van der Waals surface area contributed by atoms with Gasteiger partial charge in [-0.3, -0.25) is 0 Å². The number of unbranched alkanes of at least 4 members (excludes halogenated alkanes) is 18. The predicted molar refractivity (Wildman–Crippen MR) is 441 cm³/mol. The van der Waals surface area contributed by atoms with Gasteiger partial charge < -0.3 is 48.1 Å². The van der Waals surface area contributed by atoms with E-state index < -0.39 is 0 Å². The Balaban J connectivity index is 0.797. The van der Waals surface area contributed by atoms with Crippen LogP contribution in [0.25, 0.3) is 76.8 Å². The zero-order valence-corrected chi connectivity index (χ0v) is 62.5. The van der Waals surface area contributed by atoms with E-state index in [1.807, 2.05) is 48.5 Å². The number of anilines is 9. The first-order valence-corrected chi connectivity index (χ1v) is 38.6. The summed E-state index contributed by atoms with van der Waals surface area (Å²) in [5, 5.41) is 6.50. The van der Waals surface area contributed by atoms with Crippen molar-refractivity contribution >= 4 is 117 Å². The standard InChI is InChI=1S/C93H99N7O6/c1-7-9-11-13-15-17-19-21-23-25-61-105-85-63-83-84(64-86(85)106-62-26-24-22-20-18-16-14-12-10-8-2)95-90-80-30-28-32-82-88(80)87-79(89(90)94-83)29-27-31-81(87)91-92(82)97-93(96-91)65-33-35-66(36-34-65)98(67-37-41-69(42-38-67)99(71-45-53-75(101-3)54-46-71)72-47-55-76(102-4)56-48-72)68-39-43-70(44-40-68)100(73-49-57-77(103-5)58-50-73)74-51-59-78(104-6)60-52-74/h27-60,63-64H,7-26,61-62H2,1-6H3,(H,96,97). The molecule has 13 heteroatoms. The van der Waals surface area contributed by atoms with Crippen LogP contribution in [0.5, 0.6) is 34.5 Å². The fourth-order valence-corrected chi connectivity index (χ4v) is 15.1. The van der Waals surface area contributed by atoms with E-state index in [2.05, 4.69) is 203 Å². The molecular weight excluding hydrogens is 1310 g/mol. The van der Waals surface area contributed by atoms with Crippen LogP contribution < -0.4 is 43.1 Å². The number of aromatic amines is 1. The first kappa shape index (κ1) is 71.9. The van der Waals surface area contributed by atoms with Gasteiger partial charge in [-0.15, -0.1) is 0 Å². The zero-order chi connectivity index (χ0) is 72.6. The molecule has 2 heterocycles. The molecule has 0 saturated carbocycles. The van der Waals surface area contributed by atoms with Crippen molar-refractivity contribution in [2.75, 3.05) is 56.4 Å². The van der Waals surface area contributed by atoms with Gasteiger partial charge in [0.25, 0.3) is 0 Å². The first-order valence-electron chi connectivity index (χ1n) is 38.6. The molecule has 0 atom stereocenters. The second-order valence-corrected chi connectivity index (χ2v) is 27.9. The van der Waals surface area contributed by atoms with Gasteiger partial charge in [0.05, 0.1) is 74.8 Å². The molecular formula is C93H99N7O6. The molecule has 14 aromatic rings. The smallest absolute Gasteiger partial charge is 0.163 e. The number of nitrogens with zero attached hydrogens (tertiary/aromatic N) is 6. The molecule has 0 fully saturated rings. The normalized spacial score (nSPS) is 11.6. The zero-order valence-electron chi connectivity index (χ0n) is 62.5. The molecule has 13 nitrogen and oxygen atoms in total. The van der Waals surface area contributed by atoms with Crippen LogP contribution in [-0.2, 0) is 0 Å². The number of imidazole rings is 1. The molecule has 0 saturated heterocycles. The van der Waals surface area contributed by atoms with Gasteiger partial charge in [0.15, 0.2) is 11.5 Å². The number of nitrogens with one attached hydrogen (secondary N) is 1. The van der Waals surface area contributed by atoms with Crippen LogP contribution in [0.1, 0.15) is 142 Å². The lowest BCUT2D eigenvalue weighted by Gasteiger charge is -2.29. The number of fused-ring (bicyclic) bond motifs is 7. The third-order valence-electron chi connectivity index (χ3n) is 20.8. The van der Waals surface area contributed by atoms with E-state index in [0.29, 0.717) is 13.2 Å². The van der Waals surface area contributed by atoms with Crippen LogP contribution in [0, 0.1) is 0 Å². The molecule has 0 bridgehead atoms. The molecule has 2 aromatic heterocycles. The Kier molecular flexibility index (Phi) is 23.5. The number of hydrogen-bond donors (Lipinski definition) is 1. The van der Waals surface area contributed by atoms with Gasteiger partial charge in [-0.05, 0) is 183 Å². The number of methoxy groups -OCH3 is 4. The average Bonchev–Trinajstić information content (AvgIpc) is 1.17. The quantitative estimate of drug-likeness (QED) is 0.0225. The minimum atomic E-state index is 0.635. The van der Waals surface area contributed by atoms with Crippen molar-refractivity contribution in [3.63, 3.8) is 0 Å². The summed E-state index contributed by atoms with van der Waals surface area (Å²) in [5.74, 6) is 5.40. The third-order valence-corrected chi connectivity index (χ3v) is 20.8. The number of benzene rings is 12. The molecule has 0 aliphatic rings. The lowest BCUT2D eigenvalue weighted by molar-refractivity contribution is 0.259. The second kappa shape index (κ2) is 34.7. The highest BCUT2D eigenvalue weighted by molar-refractivity contribution is 6.38. The van der Waals surface area contributed by atoms with Gasteiger partial charge in [-0.25, -0.2) is 15.0 Å². The topological polar surface area (TPSA) is 120 Å². The fraction of sp³-hybridized carbons (Fsp3) is 0.301. The third kappa shape index (κ3) is 16.1. The Bertz CT molecular complexity index is 4750. The average molecular weight is 1410 g/mol. The Labute approximate surface area is 624 Å². The van der Waals surface area contributed by atoms with E-state index in [1.165, 1.54) is 103 Å². The Morgan fingerprint density at radius 2 is 0.566 bits per heavy atom. The molecule has 14 rings (SSSR count). The van der Waals surface area contributed by atoms with Crippen LogP contribution >= 0.6 is 0 Å². The number of H-pyrrole nitrogens is 1. The highest BCUT2D eigenvalue weighted by Gasteiger charge is 2.24. The number of aromatic nitrogens is 4. The van der Waals surface area contributed by atoms with Crippen LogP contribution in [-0.4, -0.2) is 61.6 Å². The lowest BCUT2D eigenvalue weighted by atomic mass is 9.91. The number of rotatable bonds is 38. The molecule has 0 aliphatic carbocycles. The molecule has 0 amide bonds. The maximum absolute atomic E-state index is 6.69. The van der Waals surface area contributed by atoms with Crippen molar-refractivity contribution in [2.45, 2.75) is 142 Å². The largest absolute Gasteiger partial charge is 0.497 e. The summed E-state index contributed by atoms with van der Waals surface area (Å²) in [7, 11) is 6.76. The van der Waals surface area contributed by atoms with Gasteiger partial charge in [0, 0.05) is 101 Å². The summed E-state index contributed by atoms with van der Waals surface area (Å²) >= 11 is 0. The summed E-state index contributed by atoms with van der Waals surface area (Å²) in [6, 6.07) is 76.0. The molecule has 542 valence electrons. The molecule has 0 aliphatic heterocycles. The van der Waals surface area contributed by atoms with Crippen LogP contribution in [0.3, 0.4) is 0 Å². The predicted octanol–water partition coefficient (Wildman–Crippen LogP) is 26.3. The van der Waals surface area contributed by atoms with E-state index in [9.17, 15) is 0 Å². The summed E-state index contributed by atoms with van der Waals surface area (Å²) < 4.78 is 35.7. The van der Waals surface area contributed by atoms with Gasteiger partial charge in [-0.2, -0.15) is 0 Å². The highest BCUT2D eigenvalue weighted by Crippen LogP contribution is 2.47. The van der Waals surface area contributed by atoms with E-state index >= 15 is 0 Å². The van der Waals surface area contributed by atoms with Crippen molar-refractivity contribution < 1.29 is 28.4 Å². The van der Waals surface area contributed by atoms with Crippen molar-refractivity contribution in [1.29, 1.82) is 0 Å². The lowest BCUT2D eigenvalue weighted by Crippen LogP contribution is -2.13. The van der Waals surface area contributed by atoms with Crippen molar-refractivity contribution in [3.05, 3.63) is 218 Å². The number of hydrogen-bond acceptors (Lipinski definition) is 12. The van der Waals surface area contributed by atoms with Gasteiger partial charge in [0.1, 0.15) is 28.8 Å². The summed E-state index contributed by atoms with van der Waals surface area (Å²) in [6.45, 7) is 5.84. The van der Waals surface area contributed by atoms with Crippen molar-refractivity contribution in [2.24, 2.45) is 0 Å². The summed E-state index contributed by atoms with van der Waals surface area (Å²) in [4.78, 5) is 27.2. The van der Waals surface area contributed by atoms with E-state index in [0.717, 1.165) is 188 Å². The fourth-order valence-electron chi connectivity index (χ4n) is 15.1. The maximum Gasteiger partial charge on any atom is 0.163 e. The van der Waals surface area contributed by atoms with E-state index in [4.69, 9.17) is 43.4 Å². The van der Waals surface area contributed by atoms with Crippen LogP contribution in [0.4, 0.5) is 51.2 Å². The Hall–Kier alpha value is -11.1. The first-order chi connectivity index (χ1) is 52.3. The second-order valence-electron chi connectivity index (χ2n) is 27.9. The molecule has 12 aromatic carbocycles. The molecule has 106 heavy (non-hydrogen) atoms. The SMILES string of the molecule is CCCCCCCCCCCCOc1cc2nc3c4cccc5c6nc(-c7ccc(N(c8ccc(N(c9ccc(OC)cc9)c9ccc(OC)cc9)cc8)c8ccc(N(c9ccc(OC)cc9)c9ccc(OC)cc9)cc8)cc7)[nH]c6c6cccc(c3nc2cc1OCCCCCCCCCCCC)c6c45. The molecule has 0 unspecified atom stereocenters. The van der Waals surface area contributed by atoms with Crippen LogP contribution in [0.2, 0.25) is 0 Å². The molecule has 1 N–H and O–H groups in total. The monoisotopic (exact) mass is 1410 g/mol. The Morgan fingerprint density at radius 1 is 0.292 bits per heavy atom. The summed E-state index contributed by atoms with van der Waals surface area (Å²) in [5.41, 5.74) is 14.9. The van der Waals surface area contributed by atoms with Crippen molar-refractivity contribution in [1.82, 2.24) is 19.9 Å². The van der Waals surface area contributed by atoms with Gasteiger partial charge in [-0.1, -0.05) is 166 Å². The molecule has 0 spiro atoms. The summed E-state index contributed by atoms with van der Waals surface area (Å²) in [6.07, 6.45) is 25.4. The van der Waals surface area contributed by atoms with Gasteiger partial charge in [0.2, 0.25) is 0 Å². The Morgan fingerprint density at radius 3 is 0.887 bits per heavy atom. The maximum atomic E-state index is 6.69. The van der Waals surface area contributed by atoms with Gasteiger partial charge >= 0.3 is 0 Å². The minimum absolute atomic E-state index is 0.635. The van der Waals surface area contributed by atoms with Crippen molar-refractivity contribution in [3.8, 4) is 45.9 Å².